The Kier molecular flexibility index (Phi) is 4.10. The van der Waals surface area contributed by atoms with Gasteiger partial charge < -0.3 is 14.9 Å². The van der Waals surface area contributed by atoms with E-state index in [1.54, 1.807) is 0 Å². The minimum Gasteiger partial charge on any atom is -0.505 e. The second kappa shape index (κ2) is 5.34. The number of benzene rings is 1. The number of halogens is 1. The molecule has 1 rings (SSSR count). The van der Waals surface area contributed by atoms with Crippen molar-refractivity contribution in [2.45, 2.75) is 19.3 Å². The van der Waals surface area contributed by atoms with Crippen molar-refractivity contribution >= 4 is 5.97 Å². The molecule has 16 heavy (non-hydrogen) atoms. The summed E-state index contributed by atoms with van der Waals surface area (Å²) in [5, 5.41) is 17.6. The summed E-state index contributed by atoms with van der Waals surface area (Å²) in [6, 6.07) is 2.76. The van der Waals surface area contributed by atoms with Gasteiger partial charge in [-0.05, 0) is 24.5 Å². The third-order valence-corrected chi connectivity index (χ3v) is 2.20. The molecule has 0 saturated heterocycles. The molecular weight excluding hydrogens is 215 g/mol. The number of phenolic OH excluding ortho intramolecular Hbond substituents is 1. The van der Waals surface area contributed by atoms with Gasteiger partial charge in [0.2, 0.25) is 5.82 Å². The molecule has 0 unspecified atom stereocenters. The molecule has 0 fully saturated rings. The molecule has 0 saturated carbocycles. The molecule has 88 valence electrons. The first-order chi connectivity index (χ1) is 7.56. The number of carbonyl (C=O) groups is 1. The summed E-state index contributed by atoms with van der Waals surface area (Å²) < 4.78 is 18.2. The van der Waals surface area contributed by atoms with Gasteiger partial charge in [-0.3, -0.25) is 4.79 Å². The van der Waals surface area contributed by atoms with Crippen molar-refractivity contribution in [3.05, 3.63) is 23.5 Å². The van der Waals surface area contributed by atoms with Crippen molar-refractivity contribution in [3.8, 4) is 11.5 Å². The van der Waals surface area contributed by atoms with Crippen LogP contribution in [0.4, 0.5) is 4.39 Å². The molecule has 4 nitrogen and oxygen atoms in total. The first-order valence-corrected chi connectivity index (χ1v) is 4.82. The Morgan fingerprint density at radius 2 is 2.19 bits per heavy atom. The summed E-state index contributed by atoms with van der Waals surface area (Å²) in [7, 11) is 1.30. The van der Waals surface area contributed by atoms with E-state index in [2.05, 4.69) is 0 Å². The predicted octanol–water partition coefficient (Wildman–Crippen LogP) is 1.95. The molecule has 1 aromatic rings. The molecule has 0 atom stereocenters. The number of ether oxygens (including phenoxy) is 1. The number of rotatable bonds is 5. The third-order valence-electron chi connectivity index (χ3n) is 2.20. The van der Waals surface area contributed by atoms with Crippen LogP contribution in [-0.4, -0.2) is 23.3 Å². The Morgan fingerprint density at radius 1 is 1.50 bits per heavy atom. The summed E-state index contributed by atoms with van der Waals surface area (Å²) in [6.45, 7) is 0. The van der Waals surface area contributed by atoms with Crippen molar-refractivity contribution in [1.29, 1.82) is 0 Å². The van der Waals surface area contributed by atoms with E-state index in [1.165, 1.54) is 19.2 Å². The average molecular weight is 228 g/mol. The molecule has 0 aliphatic rings. The first kappa shape index (κ1) is 12.3. The van der Waals surface area contributed by atoms with Gasteiger partial charge in [-0.1, -0.05) is 6.07 Å². The van der Waals surface area contributed by atoms with E-state index in [0.29, 0.717) is 18.4 Å². The molecular formula is C11H13FO4. The van der Waals surface area contributed by atoms with Crippen molar-refractivity contribution < 1.29 is 24.1 Å². The number of carboxylic acids is 1. The van der Waals surface area contributed by atoms with E-state index < -0.39 is 17.5 Å². The van der Waals surface area contributed by atoms with Gasteiger partial charge in [-0.25, -0.2) is 0 Å². The second-order valence-electron chi connectivity index (χ2n) is 3.34. The summed E-state index contributed by atoms with van der Waals surface area (Å²) in [5.41, 5.74) is 0.555. The lowest BCUT2D eigenvalue weighted by Gasteiger charge is -2.09. The lowest BCUT2D eigenvalue weighted by atomic mass is 10.1. The molecule has 0 aromatic heterocycles. The number of aromatic hydroxyl groups is 1. The summed E-state index contributed by atoms with van der Waals surface area (Å²) in [4.78, 5) is 10.3. The SMILES string of the molecule is COc1c(CCCC(=O)O)ccc(O)c1F. The van der Waals surface area contributed by atoms with Crippen LogP contribution in [0, 0.1) is 5.82 Å². The molecule has 0 bridgehead atoms. The molecule has 0 aliphatic heterocycles. The Labute approximate surface area is 92.3 Å². The highest BCUT2D eigenvalue weighted by Crippen LogP contribution is 2.30. The maximum absolute atomic E-state index is 13.4. The van der Waals surface area contributed by atoms with Gasteiger partial charge in [-0.2, -0.15) is 4.39 Å². The van der Waals surface area contributed by atoms with E-state index in [1.807, 2.05) is 0 Å². The zero-order valence-corrected chi connectivity index (χ0v) is 8.86. The van der Waals surface area contributed by atoms with E-state index in [4.69, 9.17) is 14.9 Å². The highest BCUT2D eigenvalue weighted by Gasteiger charge is 2.13. The molecule has 0 spiro atoms. The largest absolute Gasteiger partial charge is 0.505 e. The number of hydrogen-bond donors (Lipinski definition) is 2. The first-order valence-electron chi connectivity index (χ1n) is 4.82. The number of methoxy groups -OCH3 is 1. The summed E-state index contributed by atoms with van der Waals surface area (Å²) in [5.74, 6) is -2.20. The molecule has 1 aromatic carbocycles. The Morgan fingerprint density at radius 3 is 2.75 bits per heavy atom. The third kappa shape index (κ3) is 2.85. The van der Waals surface area contributed by atoms with E-state index in [9.17, 15) is 9.18 Å². The standard InChI is InChI=1S/C11H13FO4/c1-16-11-7(3-2-4-9(14)15)5-6-8(13)10(11)12/h5-6,13H,2-4H2,1H3,(H,14,15). The number of hydrogen-bond acceptors (Lipinski definition) is 3. The monoisotopic (exact) mass is 228 g/mol. The van der Waals surface area contributed by atoms with Crippen LogP contribution in [0.2, 0.25) is 0 Å². The summed E-state index contributed by atoms with van der Waals surface area (Å²) in [6.07, 6.45) is 0.814. The maximum Gasteiger partial charge on any atom is 0.303 e. The number of phenols is 1. The van der Waals surface area contributed by atoms with E-state index in [-0.39, 0.29) is 12.2 Å². The van der Waals surface area contributed by atoms with Gasteiger partial charge in [0.05, 0.1) is 7.11 Å². The molecule has 0 radical (unpaired) electrons. The lowest BCUT2D eigenvalue weighted by molar-refractivity contribution is -0.137. The number of carboxylic acid groups (broad SMARTS) is 1. The van der Waals surface area contributed by atoms with Crippen LogP contribution in [0.25, 0.3) is 0 Å². The Bertz CT molecular complexity index is 390. The molecule has 0 amide bonds. The van der Waals surface area contributed by atoms with Crippen LogP contribution in [-0.2, 0) is 11.2 Å². The minimum atomic E-state index is -0.891. The Hall–Kier alpha value is -1.78. The maximum atomic E-state index is 13.4. The van der Waals surface area contributed by atoms with Crippen LogP contribution >= 0.6 is 0 Å². The van der Waals surface area contributed by atoms with Crippen molar-refractivity contribution in [2.75, 3.05) is 7.11 Å². The van der Waals surface area contributed by atoms with Gasteiger partial charge in [0.25, 0.3) is 0 Å². The van der Waals surface area contributed by atoms with Crippen LogP contribution in [0.15, 0.2) is 12.1 Å². The van der Waals surface area contributed by atoms with Gasteiger partial charge in [0, 0.05) is 6.42 Å². The van der Waals surface area contributed by atoms with Gasteiger partial charge in [0.15, 0.2) is 11.5 Å². The molecule has 2 N–H and O–H groups in total. The normalized spacial score (nSPS) is 10.1. The van der Waals surface area contributed by atoms with Crippen LogP contribution in [0.5, 0.6) is 11.5 Å². The van der Waals surface area contributed by atoms with Crippen molar-refractivity contribution in [1.82, 2.24) is 0 Å². The van der Waals surface area contributed by atoms with E-state index >= 15 is 0 Å². The zero-order chi connectivity index (χ0) is 12.1. The van der Waals surface area contributed by atoms with Crippen LogP contribution < -0.4 is 4.74 Å². The number of aliphatic carboxylic acids is 1. The summed E-state index contributed by atoms with van der Waals surface area (Å²) >= 11 is 0. The highest BCUT2D eigenvalue weighted by molar-refractivity contribution is 5.66. The fourth-order valence-electron chi connectivity index (χ4n) is 1.43. The topological polar surface area (TPSA) is 66.8 Å². The highest BCUT2D eigenvalue weighted by atomic mass is 19.1. The second-order valence-corrected chi connectivity index (χ2v) is 3.34. The lowest BCUT2D eigenvalue weighted by Crippen LogP contribution is -1.99. The zero-order valence-electron chi connectivity index (χ0n) is 8.86. The fourth-order valence-corrected chi connectivity index (χ4v) is 1.43. The predicted molar refractivity (Wildman–Crippen MR) is 55.2 cm³/mol. The van der Waals surface area contributed by atoms with Crippen LogP contribution in [0.1, 0.15) is 18.4 Å². The molecule has 0 aliphatic carbocycles. The van der Waals surface area contributed by atoms with Gasteiger partial charge in [0.1, 0.15) is 0 Å². The van der Waals surface area contributed by atoms with Gasteiger partial charge in [-0.15, -0.1) is 0 Å². The molecule has 0 heterocycles. The van der Waals surface area contributed by atoms with E-state index in [0.717, 1.165) is 0 Å². The van der Waals surface area contributed by atoms with Crippen molar-refractivity contribution in [3.63, 3.8) is 0 Å². The van der Waals surface area contributed by atoms with Gasteiger partial charge >= 0.3 is 5.97 Å². The quantitative estimate of drug-likeness (QED) is 0.808. The van der Waals surface area contributed by atoms with Crippen molar-refractivity contribution in [2.24, 2.45) is 0 Å². The Balaban J connectivity index is 2.79. The average Bonchev–Trinajstić information content (AvgIpc) is 2.23. The fraction of sp³-hybridized carbons (Fsp3) is 0.364. The number of aryl methyl sites for hydroxylation is 1. The minimum absolute atomic E-state index is 0.0195. The molecule has 5 heteroatoms. The smallest absolute Gasteiger partial charge is 0.303 e. The van der Waals surface area contributed by atoms with Crippen LogP contribution in [0.3, 0.4) is 0 Å².